The van der Waals surface area contributed by atoms with Crippen molar-refractivity contribution in [3.8, 4) is 5.75 Å². The number of hydrogen-bond acceptors (Lipinski definition) is 4. The molecule has 1 saturated heterocycles. The first kappa shape index (κ1) is 20.3. The molecule has 0 atom stereocenters. The first-order chi connectivity index (χ1) is 13.4. The molecule has 1 N–H and O–H groups in total. The van der Waals surface area contributed by atoms with E-state index in [1.165, 1.54) is 10.4 Å². The van der Waals surface area contributed by atoms with Crippen LogP contribution in [-0.2, 0) is 16.6 Å². The van der Waals surface area contributed by atoms with Crippen molar-refractivity contribution < 1.29 is 22.3 Å². The number of sulfonamides is 1. The maximum absolute atomic E-state index is 14.2. The molecule has 0 unspecified atom stereocenters. The molecule has 6 nitrogen and oxygen atoms in total. The Labute approximate surface area is 164 Å². The van der Waals surface area contributed by atoms with Gasteiger partial charge in [-0.05, 0) is 48.7 Å². The molecule has 1 heterocycles. The minimum atomic E-state index is -3.74. The van der Waals surface area contributed by atoms with E-state index in [1.807, 2.05) is 0 Å². The van der Waals surface area contributed by atoms with Crippen LogP contribution in [0.3, 0.4) is 0 Å². The molecule has 1 aliphatic rings. The molecule has 1 amide bonds. The van der Waals surface area contributed by atoms with Crippen LogP contribution in [0.15, 0.2) is 47.4 Å². The molecule has 1 fully saturated rings. The lowest BCUT2D eigenvalue weighted by Crippen LogP contribution is -2.35. The van der Waals surface area contributed by atoms with Gasteiger partial charge in [0.15, 0.2) is 0 Å². The van der Waals surface area contributed by atoms with Crippen molar-refractivity contribution in [1.82, 2.24) is 9.62 Å². The number of amides is 1. The van der Waals surface area contributed by atoms with Crippen LogP contribution in [0.5, 0.6) is 5.75 Å². The highest BCUT2D eigenvalue weighted by Gasteiger charge is 2.27. The molecule has 8 heteroatoms. The summed E-state index contributed by atoms with van der Waals surface area (Å²) < 4.78 is 46.2. The van der Waals surface area contributed by atoms with Gasteiger partial charge in [-0.25, -0.2) is 12.8 Å². The summed E-state index contributed by atoms with van der Waals surface area (Å²) in [6.45, 7) is 1.07. The van der Waals surface area contributed by atoms with E-state index >= 15 is 0 Å². The van der Waals surface area contributed by atoms with E-state index in [-0.39, 0.29) is 17.0 Å². The fraction of sp³-hybridized carbons (Fsp3) is 0.350. The van der Waals surface area contributed by atoms with Crippen molar-refractivity contribution in [3.63, 3.8) is 0 Å². The van der Waals surface area contributed by atoms with E-state index in [0.29, 0.717) is 18.8 Å². The number of carbonyl (C=O) groups excluding carboxylic acids is 1. The van der Waals surface area contributed by atoms with Crippen molar-refractivity contribution >= 4 is 15.9 Å². The summed E-state index contributed by atoms with van der Waals surface area (Å²) in [5.41, 5.74) is 0.526. The maximum Gasteiger partial charge on any atom is 0.254 e. The minimum Gasteiger partial charge on any atom is -0.497 e. The minimum absolute atomic E-state index is 0.0644. The largest absolute Gasteiger partial charge is 0.497 e. The first-order valence-electron chi connectivity index (χ1n) is 9.12. The lowest BCUT2D eigenvalue weighted by molar-refractivity contribution is 0.0946. The quantitative estimate of drug-likeness (QED) is 0.800. The Bertz CT molecular complexity index is 939. The Hall–Kier alpha value is -2.45. The Morgan fingerprint density at radius 2 is 1.79 bits per heavy atom. The standard InChI is InChI=1S/C20H23FN2O4S/c1-27-16-7-5-15(6-8-16)14-22-20(24)18-13-17(9-10-19(18)21)28(25,26)23-11-3-2-4-12-23/h5-10,13H,2-4,11-12,14H2,1H3,(H,22,24). The molecule has 0 radical (unpaired) electrons. The van der Waals surface area contributed by atoms with Crippen LogP contribution in [0.25, 0.3) is 0 Å². The van der Waals surface area contributed by atoms with Crippen LogP contribution >= 0.6 is 0 Å². The average Bonchev–Trinajstić information content (AvgIpc) is 2.73. The average molecular weight is 406 g/mol. The number of nitrogens with zero attached hydrogens (tertiary/aromatic N) is 1. The zero-order valence-electron chi connectivity index (χ0n) is 15.7. The lowest BCUT2D eigenvalue weighted by Gasteiger charge is -2.26. The van der Waals surface area contributed by atoms with Crippen molar-refractivity contribution in [2.24, 2.45) is 0 Å². The summed E-state index contributed by atoms with van der Waals surface area (Å²) in [5.74, 6) is -0.731. The van der Waals surface area contributed by atoms with Gasteiger partial charge in [0.2, 0.25) is 10.0 Å². The maximum atomic E-state index is 14.2. The van der Waals surface area contributed by atoms with Crippen LogP contribution in [0, 0.1) is 5.82 Å². The van der Waals surface area contributed by atoms with Crippen molar-refractivity contribution in [2.45, 2.75) is 30.7 Å². The lowest BCUT2D eigenvalue weighted by atomic mass is 10.1. The molecule has 3 rings (SSSR count). The van der Waals surface area contributed by atoms with Crippen LogP contribution in [0.2, 0.25) is 0 Å². The number of carbonyl (C=O) groups is 1. The Balaban J connectivity index is 1.75. The molecule has 2 aromatic carbocycles. The molecule has 2 aromatic rings. The number of nitrogens with one attached hydrogen (secondary N) is 1. The van der Waals surface area contributed by atoms with E-state index in [0.717, 1.165) is 37.0 Å². The molecule has 0 saturated carbocycles. The van der Waals surface area contributed by atoms with E-state index in [4.69, 9.17) is 4.74 Å². The topological polar surface area (TPSA) is 75.7 Å². The van der Waals surface area contributed by atoms with Crippen molar-refractivity contribution in [2.75, 3.05) is 20.2 Å². The van der Waals surface area contributed by atoms with E-state index in [9.17, 15) is 17.6 Å². The number of ether oxygens (including phenoxy) is 1. The monoisotopic (exact) mass is 406 g/mol. The summed E-state index contributed by atoms with van der Waals surface area (Å²) in [7, 11) is -2.18. The smallest absolute Gasteiger partial charge is 0.254 e. The number of rotatable bonds is 6. The van der Waals surface area contributed by atoms with Gasteiger partial charge in [0, 0.05) is 19.6 Å². The van der Waals surface area contributed by atoms with Gasteiger partial charge >= 0.3 is 0 Å². The molecule has 1 aliphatic heterocycles. The van der Waals surface area contributed by atoms with Crippen LogP contribution in [0.4, 0.5) is 4.39 Å². The second-order valence-electron chi connectivity index (χ2n) is 6.64. The third-order valence-corrected chi connectivity index (χ3v) is 6.64. The summed E-state index contributed by atoms with van der Waals surface area (Å²) in [4.78, 5) is 12.4. The molecular formula is C20H23FN2O4S. The molecule has 28 heavy (non-hydrogen) atoms. The normalized spacial score (nSPS) is 15.2. The third kappa shape index (κ3) is 4.51. The molecule has 0 aromatic heterocycles. The van der Waals surface area contributed by atoms with E-state index in [1.54, 1.807) is 31.4 Å². The van der Waals surface area contributed by atoms with Crippen LogP contribution < -0.4 is 10.1 Å². The zero-order valence-corrected chi connectivity index (χ0v) is 16.5. The second-order valence-corrected chi connectivity index (χ2v) is 8.58. The van der Waals surface area contributed by atoms with Crippen LogP contribution in [0.1, 0.15) is 35.2 Å². The Kier molecular flexibility index (Phi) is 6.31. The fourth-order valence-corrected chi connectivity index (χ4v) is 4.66. The molecule has 0 aliphatic carbocycles. The van der Waals surface area contributed by atoms with Crippen molar-refractivity contribution in [1.29, 1.82) is 0 Å². The van der Waals surface area contributed by atoms with Gasteiger partial charge in [-0.1, -0.05) is 18.6 Å². The summed E-state index contributed by atoms with van der Waals surface area (Å²) in [6, 6.07) is 10.4. The number of halogens is 1. The fourth-order valence-electron chi connectivity index (χ4n) is 3.11. The van der Waals surface area contributed by atoms with Crippen LogP contribution in [-0.4, -0.2) is 38.8 Å². The van der Waals surface area contributed by atoms with Gasteiger partial charge in [0.25, 0.3) is 5.91 Å². The van der Waals surface area contributed by atoms with E-state index < -0.39 is 21.7 Å². The number of methoxy groups -OCH3 is 1. The predicted molar refractivity (Wildman–Crippen MR) is 103 cm³/mol. The number of hydrogen-bond donors (Lipinski definition) is 1. The number of piperidine rings is 1. The highest BCUT2D eigenvalue weighted by molar-refractivity contribution is 7.89. The molecule has 0 bridgehead atoms. The Morgan fingerprint density at radius 3 is 2.43 bits per heavy atom. The van der Waals surface area contributed by atoms with Gasteiger partial charge in [-0.3, -0.25) is 4.79 Å². The summed E-state index contributed by atoms with van der Waals surface area (Å²) in [6.07, 6.45) is 2.60. The highest BCUT2D eigenvalue weighted by atomic mass is 32.2. The molecule has 150 valence electrons. The van der Waals surface area contributed by atoms with Crippen molar-refractivity contribution in [3.05, 3.63) is 59.4 Å². The predicted octanol–water partition coefficient (Wildman–Crippen LogP) is 2.94. The molecule has 0 spiro atoms. The summed E-state index contributed by atoms with van der Waals surface area (Å²) >= 11 is 0. The Morgan fingerprint density at radius 1 is 1.11 bits per heavy atom. The van der Waals surface area contributed by atoms with E-state index in [2.05, 4.69) is 5.32 Å². The second kappa shape index (κ2) is 8.70. The molecular weight excluding hydrogens is 383 g/mol. The van der Waals surface area contributed by atoms with Gasteiger partial charge in [0.05, 0.1) is 17.6 Å². The SMILES string of the molecule is COc1ccc(CNC(=O)c2cc(S(=O)(=O)N3CCCCC3)ccc2F)cc1. The third-order valence-electron chi connectivity index (χ3n) is 4.75. The van der Waals surface area contributed by atoms with Gasteiger partial charge in [-0.2, -0.15) is 4.31 Å². The van der Waals surface area contributed by atoms with Gasteiger partial charge in [-0.15, -0.1) is 0 Å². The summed E-state index contributed by atoms with van der Waals surface area (Å²) in [5, 5.41) is 2.62. The van der Waals surface area contributed by atoms with Gasteiger partial charge in [0.1, 0.15) is 11.6 Å². The highest BCUT2D eigenvalue weighted by Crippen LogP contribution is 2.22. The van der Waals surface area contributed by atoms with Gasteiger partial charge < -0.3 is 10.1 Å². The first-order valence-corrected chi connectivity index (χ1v) is 10.6. The number of benzene rings is 2. The zero-order chi connectivity index (χ0) is 20.1.